The largest absolute Gasteiger partial charge is 0.351 e. The van der Waals surface area contributed by atoms with E-state index in [0.29, 0.717) is 43.5 Å². The summed E-state index contributed by atoms with van der Waals surface area (Å²) in [6.45, 7) is 5.56. The monoisotopic (exact) mass is 443 g/mol. The van der Waals surface area contributed by atoms with Crippen LogP contribution in [0.25, 0.3) is 0 Å². The Balaban J connectivity index is 1.76. The second kappa shape index (κ2) is 10.2. The number of nitrogens with one attached hydrogen (secondary N) is 1. The van der Waals surface area contributed by atoms with Crippen molar-refractivity contribution in [1.29, 1.82) is 0 Å². The van der Waals surface area contributed by atoms with Crippen molar-refractivity contribution < 1.29 is 18.4 Å². The summed E-state index contributed by atoms with van der Waals surface area (Å²) >= 11 is 0. The lowest BCUT2D eigenvalue weighted by atomic mass is 9.89. The number of anilines is 1. The molecule has 7 heteroatoms. The lowest BCUT2D eigenvalue weighted by molar-refractivity contribution is -0.120. The van der Waals surface area contributed by atoms with Crippen molar-refractivity contribution in [1.82, 2.24) is 10.2 Å². The van der Waals surface area contributed by atoms with Crippen LogP contribution >= 0.6 is 0 Å². The van der Waals surface area contributed by atoms with Gasteiger partial charge in [0.2, 0.25) is 5.91 Å². The number of carbonyl (C=O) groups is 2. The van der Waals surface area contributed by atoms with Gasteiger partial charge in [-0.2, -0.15) is 0 Å². The topological polar surface area (TPSA) is 52.7 Å². The van der Waals surface area contributed by atoms with Crippen molar-refractivity contribution >= 4 is 17.5 Å². The van der Waals surface area contributed by atoms with Crippen LogP contribution in [0.3, 0.4) is 0 Å². The van der Waals surface area contributed by atoms with Crippen LogP contribution < -0.4 is 10.2 Å². The highest BCUT2D eigenvalue weighted by Crippen LogP contribution is 2.32. The lowest BCUT2D eigenvalue weighted by Crippen LogP contribution is -2.41. The van der Waals surface area contributed by atoms with Crippen LogP contribution in [0, 0.1) is 31.4 Å². The first-order valence-corrected chi connectivity index (χ1v) is 10.9. The molecule has 1 N–H and O–H groups in total. The molecule has 0 radical (unpaired) electrons. The Morgan fingerprint density at radius 3 is 2.47 bits per heavy atom. The molecule has 0 saturated carbocycles. The predicted octanol–water partition coefficient (Wildman–Crippen LogP) is 3.86. The van der Waals surface area contributed by atoms with Crippen LogP contribution in [-0.4, -0.2) is 50.4 Å². The molecule has 1 aliphatic rings. The van der Waals surface area contributed by atoms with E-state index in [1.54, 1.807) is 4.90 Å². The molecular weight excluding hydrogens is 412 g/mol. The van der Waals surface area contributed by atoms with Crippen LogP contribution in [0.5, 0.6) is 0 Å². The summed E-state index contributed by atoms with van der Waals surface area (Å²) in [5, 5.41) is 2.91. The molecule has 0 aliphatic carbocycles. The number of likely N-dealkylation sites (N-methyl/N-ethyl adjacent to an activating group) is 1. The van der Waals surface area contributed by atoms with Gasteiger partial charge in [-0.15, -0.1) is 0 Å². The van der Waals surface area contributed by atoms with E-state index in [-0.39, 0.29) is 17.7 Å². The maximum absolute atomic E-state index is 14.1. The van der Waals surface area contributed by atoms with E-state index in [2.05, 4.69) is 5.32 Å². The molecule has 172 valence electrons. The normalized spacial score (nSPS) is 16.5. The van der Waals surface area contributed by atoms with Gasteiger partial charge >= 0.3 is 0 Å². The van der Waals surface area contributed by atoms with E-state index in [4.69, 9.17) is 0 Å². The minimum atomic E-state index is -0.594. The van der Waals surface area contributed by atoms with Crippen LogP contribution in [-0.2, 0) is 11.2 Å². The van der Waals surface area contributed by atoms with E-state index < -0.39 is 11.6 Å². The molecule has 2 aromatic carbocycles. The summed E-state index contributed by atoms with van der Waals surface area (Å²) in [4.78, 5) is 29.0. The van der Waals surface area contributed by atoms with Crippen LogP contribution in [0.4, 0.5) is 14.5 Å². The SMILES string of the molecule is Cc1cc(C(=O)NCCN(C)C)cc(C)c1N1CC(Cc2ccc(F)cc2F)CCC1=O. The Kier molecular flexibility index (Phi) is 7.61. The van der Waals surface area contributed by atoms with Crippen LogP contribution in [0.2, 0.25) is 0 Å². The Hall–Kier alpha value is -2.80. The number of hydrogen-bond acceptors (Lipinski definition) is 3. The second-order valence-electron chi connectivity index (χ2n) is 8.87. The first kappa shape index (κ1) is 23.9. The van der Waals surface area contributed by atoms with Gasteiger partial charge in [-0.3, -0.25) is 9.59 Å². The van der Waals surface area contributed by atoms with Crippen LogP contribution in [0.1, 0.15) is 39.9 Å². The molecule has 5 nitrogen and oxygen atoms in total. The van der Waals surface area contributed by atoms with Gasteiger partial charge in [0, 0.05) is 43.4 Å². The first-order valence-electron chi connectivity index (χ1n) is 10.9. The van der Waals surface area contributed by atoms with Gasteiger partial charge in [0.15, 0.2) is 0 Å². The third-order valence-corrected chi connectivity index (χ3v) is 5.90. The molecule has 1 heterocycles. The highest BCUT2D eigenvalue weighted by molar-refractivity contribution is 5.98. The molecule has 0 aromatic heterocycles. The van der Waals surface area contributed by atoms with Gasteiger partial charge < -0.3 is 15.1 Å². The highest BCUT2D eigenvalue weighted by atomic mass is 19.1. The number of piperidine rings is 1. The van der Waals surface area contributed by atoms with Crippen molar-refractivity contribution in [3.63, 3.8) is 0 Å². The second-order valence-corrected chi connectivity index (χ2v) is 8.87. The van der Waals surface area contributed by atoms with Crippen molar-refractivity contribution in [3.8, 4) is 0 Å². The molecule has 2 aromatic rings. The summed E-state index contributed by atoms with van der Waals surface area (Å²) in [6, 6.07) is 7.26. The number of carbonyl (C=O) groups excluding carboxylic acids is 2. The zero-order chi connectivity index (χ0) is 23.4. The maximum Gasteiger partial charge on any atom is 0.251 e. The van der Waals surface area contributed by atoms with Crippen molar-refractivity contribution in [3.05, 3.63) is 64.2 Å². The molecule has 1 saturated heterocycles. The van der Waals surface area contributed by atoms with E-state index in [0.717, 1.165) is 29.4 Å². The minimum Gasteiger partial charge on any atom is -0.351 e. The number of nitrogens with zero attached hydrogens (tertiary/aromatic N) is 2. The zero-order valence-corrected chi connectivity index (χ0v) is 19.2. The number of halogens is 2. The average Bonchev–Trinajstić information content (AvgIpc) is 2.71. The molecule has 1 atom stereocenters. The molecule has 3 rings (SSSR count). The maximum atomic E-state index is 14.1. The van der Waals surface area contributed by atoms with Crippen molar-refractivity contribution in [2.75, 3.05) is 38.6 Å². The fourth-order valence-corrected chi connectivity index (χ4v) is 4.30. The molecule has 0 bridgehead atoms. The summed E-state index contributed by atoms with van der Waals surface area (Å²) < 4.78 is 27.3. The summed E-state index contributed by atoms with van der Waals surface area (Å²) in [7, 11) is 3.89. The number of benzene rings is 2. The van der Waals surface area contributed by atoms with E-state index in [1.807, 2.05) is 45.0 Å². The fourth-order valence-electron chi connectivity index (χ4n) is 4.30. The Bertz CT molecular complexity index is 984. The van der Waals surface area contributed by atoms with E-state index in [1.165, 1.54) is 12.1 Å². The number of rotatable bonds is 7. The van der Waals surface area contributed by atoms with Gasteiger partial charge in [0.05, 0.1) is 0 Å². The predicted molar refractivity (Wildman–Crippen MR) is 122 cm³/mol. The number of amides is 2. The Morgan fingerprint density at radius 1 is 1.16 bits per heavy atom. The fraction of sp³-hybridized carbons (Fsp3) is 0.440. The summed E-state index contributed by atoms with van der Waals surface area (Å²) in [6.07, 6.45) is 1.48. The zero-order valence-electron chi connectivity index (χ0n) is 19.2. The standard InChI is InChI=1S/C25H31F2N3O2/c1-16-11-20(25(32)28-9-10-29(3)4)12-17(2)24(16)30-15-18(5-8-23(30)31)13-19-6-7-21(26)14-22(19)27/h6-7,11-12,14,18H,5,8-10,13,15H2,1-4H3,(H,28,32). The highest BCUT2D eigenvalue weighted by Gasteiger charge is 2.29. The van der Waals surface area contributed by atoms with E-state index >= 15 is 0 Å². The molecule has 1 aliphatic heterocycles. The summed E-state index contributed by atoms with van der Waals surface area (Å²) in [5.41, 5.74) is 3.54. The molecule has 32 heavy (non-hydrogen) atoms. The van der Waals surface area contributed by atoms with Crippen LogP contribution in [0.15, 0.2) is 30.3 Å². The summed E-state index contributed by atoms with van der Waals surface area (Å²) in [5.74, 6) is -1.19. The smallest absolute Gasteiger partial charge is 0.251 e. The van der Waals surface area contributed by atoms with Crippen molar-refractivity contribution in [2.24, 2.45) is 5.92 Å². The van der Waals surface area contributed by atoms with Gasteiger partial charge in [0.1, 0.15) is 11.6 Å². The third-order valence-electron chi connectivity index (χ3n) is 5.90. The van der Waals surface area contributed by atoms with Gasteiger partial charge in [-0.25, -0.2) is 8.78 Å². The number of aryl methyl sites for hydroxylation is 2. The molecule has 1 unspecified atom stereocenters. The third kappa shape index (κ3) is 5.71. The quantitative estimate of drug-likeness (QED) is 0.707. The minimum absolute atomic E-state index is 0.0233. The van der Waals surface area contributed by atoms with Gasteiger partial charge in [-0.05, 0) is 81.6 Å². The molecular formula is C25H31F2N3O2. The number of hydrogen-bond donors (Lipinski definition) is 1. The van der Waals surface area contributed by atoms with Crippen molar-refractivity contribution in [2.45, 2.75) is 33.1 Å². The lowest BCUT2D eigenvalue weighted by Gasteiger charge is -2.35. The van der Waals surface area contributed by atoms with Gasteiger partial charge in [0.25, 0.3) is 5.91 Å². The average molecular weight is 444 g/mol. The molecule has 2 amide bonds. The Morgan fingerprint density at radius 2 is 1.84 bits per heavy atom. The van der Waals surface area contributed by atoms with Gasteiger partial charge in [-0.1, -0.05) is 6.07 Å². The first-order chi connectivity index (χ1) is 15.2. The molecule has 1 fully saturated rings. The Labute approximate surface area is 188 Å². The molecule has 0 spiro atoms. The van der Waals surface area contributed by atoms with E-state index in [9.17, 15) is 18.4 Å².